The Hall–Kier alpha value is -3.44. The van der Waals surface area contributed by atoms with Gasteiger partial charge in [0.1, 0.15) is 25.3 Å². The van der Waals surface area contributed by atoms with E-state index in [2.05, 4.69) is 21.3 Å². The van der Waals surface area contributed by atoms with Gasteiger partial charge in [-0.25, -0.2) is 9.59 Å². The molecule has 0 bridgehead atoms. The zero-order valence-corrected chi connectivity index (χ0v) is 23.6. The number of amides is 4. The Morgan fingerprint density at radius 2 is 0.975 bits per heavy atom. The molecule has 12 nitrogen and oxygen atoms in total. The first-order valence-electron chi connectivity index (χ1n) is 14.3. The highest BCUT2D eigenvalue weighted by Gasteiger charge is 2.25. The van der Waals surface area contributed by atoms with Gasteiger partial charge < -0.3 is 30.7 Å². The molecule has 0 unspecified atom stereocenters. The Kier molecular flexibility index (Phi) is 14.8. The zero-order valence-electron chi connectivity index (χ0n) is 23.6. The van der Waals surface area contributed by atoms with Crippen molar-refractivity contribution in [3.63, 3.8) is 0 Å². The summed E-state index contributed by atoms with van der Waals surface area (Å²) in [5.74, 6) is -2.66. The van der Waals surface area contributed by atoms with Gasteiger partial charge in [0.25, 0.3) is 0 Å². The van der Waals surface area contributed by atoms with E-state index in [4.69, 9.17) is 9.47 Å². The van der Waals surface area contributed by atoms with Gasteiger partial charge in [-0.1, -0.05) is 38.5 Å². The van der Waals surface area contributed by atoms with Gasteiger partial charge in [0.15, 0.2) is 0 Å². The van der Waals surface area contributed by atoms with Crippen LogP contribution in [0.2, 0.25) is 0 Å². The van der Waals surface area contributed by atoms with Gasteiger partial charge in [0.05, 0.1) is 13.1 Å². The summed E-state index contributed by atoms with van der Waals surface area (Å²) in [5, 5.41) is 10.6. The van der Waals surface area contributed by atoms with Gasteiger partial charge >= 0.3 is 11.9 Å². The van der Waals surface area contributed by atoms with Crippen LogP contribution in [0.1, 0.15) is 78.1 Å². The molecular formula is C28H44N4O8. The van der Waals surface area contributed by atoms with Gasteiger partial charge in [-0.2, -0.15) is 0 Å². The third-order valence-electron chi connectivity index (χ3n) is 7.10. The number of esters is 2. The van der Waals surface area contributed by atoms with Crippen LogP contribution in [0.15, 0.2) is 12.2 Å². The topological polar surface area (TPSA) is 169 Å². The van der Waals surface area contributed by atoms with Crippen LogP contribution in [0, 0.1) is 11.8 Å². The van der Waals surface area contributed by atoms with E-state index in [1.807, 2.05) is 0 Å². The molecule has 2 aliphatic carbocycles. The molecule has 12 heteroatoms. The molecule has 0 radical (unpaired) electrons. The third kappa shape index (κ3) is 12.6. The van der Waals surface area contributed by atoms with Gasteiger partial charge in [-0.3, -0.25) is 19.2 Å². The fourth-order valence-electron chi connectivity index (χ4n) is 4.71. The molecule has 4 amide bonds. The lowest BCUT2D eigenvalue weighted by molar-refractivity contribution is -0.140. The fraction of sp³-hybridized carbons (Fsp3) is 0.714. The van der Waals surface area contributed by atoms with Gasteiger partial charge in [0, 0.05) is 24.0 Å². The van der Waals surface area contributed by atoms with Crippen LogP contribution in [0.3, 0.4) is 0 Å². The number of rotatable bonds is 14. The molecule has 2 aliphatic rings. The Morgan fingerprint density at radius 1 is 0.625 bits per heavy atom. The number of hydrogen-bond acceptors (Lipinski definition) is 8. The summed E-state index contributed by atoms with van der Waals surface area (Å²) in [6, 6.07) is -1.40. The van der Waals surface area contributed by atoms with Crippen LogP contribution in [-0.2, 0) is 38.2 Å². The van der Waals surface area contributed by atoms with E-state index in [1.54, 1.807) is 13.8 Å². The number of hydrogen-bond donors (Lipinski definition) is 4. The molecule has 224 valence electrons. The lowest BCUT2D eigenvalue weighted by Crippen LogP contribution is -2.47. The summed E-state index contributed by atoms with van der Waals surface area (Å²) in [7, 11) is 0. The van der Waals surface area contributed by atoms with Crippen LogP contribution >= 0.6 is 0 Å². The van der Waals surface area contributed by atoms with Crippen LogP contribution in [0.4, 0.5) is 0 Å². The summed E-state index contributed by atoms with van der Waals surface area (Å²) in [4.78, 5) is 72.3. The van der Waals surface area contributed by atoms with Crippen molar-refractivity contribution in [1.82, 2.24) is 21.3 Å². The minimum atomic E-state index is -0.791. The maximum Gasteiger partial charge on any atom is 0.331 e. The highest BCUT2D eigenvalue weighted by atomic mass is 16.5. The first-order valence-corrected chi connectivity index (χ1v) is 14.3. The summed E-state index contributed by atoms with van der Waals surface area (Å²) in [6.07, 6.45) is 11.5. The monoisotopic (exact) mass is 564 g/mol. The molecule has 0 heterocycles. The highest BCUT2D eigenvalue weighted by Crippen LogP contribution is 2.24. The molecule has 0 spiro atoms. The maximum atomic E-state index is 12.2. The van der Waals surface area contributed by atoms with Crippen LogP contribution < -0.4 is 21.3 Å². The molecule has 2 saturated carbocycles. The molecule has 2 fully saturated rings. The second-order valence-corrected chi connectivity index (χ2v) is 10.4. The van der Waals surface area contributed by atoms with E-state index in [1.165, 1.54) is 0 Å². The van der Waals surface area contributed by atoms with E-state index in [9.17, 15) is 28.8 Å². The third-order valence-corrected chi connectivity index (χ3v) is 7.10. The van der Waals surface area contributed by atoms with Crippen LogP contribution in [0.5, 0.6) is 0 Å². The Bertz CT molecular complexity index is 838. The summed E-state index contributed by atoms with van der Waals surface area (Å²) in [5.41, 5.74) is 0. The Balaban J connectivity index is 1.51. The molecule has 0 aromatic heterocycles. The standard InChI is InChI=1S/C28H44N4O8/c1-19(31-27(37)21-9-5-3-6-10-21)25(35)29-15-17-39-23(33)13-14-24(34)40-18-16-30-26(36)20(2)32-28(38)22-11-7-4-8-12-22/h13-14,19-22H,3-12,15-18H2,1-2H3,(H,29,35)(H,30,36)(H,31,37)(H,32,38)/b14-13+/t19-,20-/m0/s1. The minimum absolute atomic E-state index is 0.0455. The first kappa shape index (κ1) is 32.8. The predicted octanol–water partition coefficient (Wildman–Crippen LogP) is 1.03. The van der Waals surface area contributed by atoms with Gasteiger partial charge in [-0.15, -0.1) is 0 Å². The van der Waals surface area contributed by atoms with E-state index >= 15 is 0 Å². The quantitative estimate of drug-likeness (QED) is 0.138. The van der Waals surface area contributed by atoms with Crippen molar-refractivity contribution in [1.29, 1.82) is 0 Å². The fourth-order valence-corrected chi connectivity index (χ4v) is 4.71. The molecule has 40 heavy (non-hydrogen) atoms. The van der Waals surface area contributed by atoms with E-state index in [0.717, 1.165) is 76.4 Å². The van der Waals surface area contributed by atoms with Crippen molar-refractivity contribution in [3.8, 4) is 0 Å². The normalized spacial score (nSPS) is 17.8. The lowest BCUT2D eigenvalue weighted by Gasteiger charge is -2.22. The average Bonchev–Trinajstić information content (AvgIpc) is 2.96. The van der Waals surface area contributed by atoms with E-state index < -0.39 is 24.0 Å². The van der Waals surface area contributed by atoms with Gasteiger partial charge in [0.2, 0.25) is 23.6 Å². The zero-order chi connectivity index (χ0) is 29.3. The van der Waals surface area contributed by atoms with Crippen molar-refractivity contribution in [2.45, 2.75) is 90.1 Å². The number of ether oxygens (including phenoxy) is 2. The van der Waals surface area contributed by atoms with Crippen LogP contribution in [0.25, 0.3) is 0 Å². The molecule has 0 aliphatic heterocycles. The Morgan fingerprint density at radius 3 is 1.32 bits per heavy atom. The van der Waals surface area contributed by atoms with Crippen molar-refractivity contribution < 1.29 is 38.2 Å². The second-order valence-electron chi connectivity index (χ2n) is 10.4. The molecule has 4 N–H and O–H groups in total. The molecular weight excluding hydrogens is 520 g/mol. The van der Waals surface area contributed by atoms with E-state index in [0.29, 0.717) is 0 Å². The van der Waals surface area contributed by atoms with Gasteiger partial charge in [-0.05, 0) is 39.5 Å². The van der Waals surface area contributed by atoms with E-state index in [-0.39, 0.29) is 61.8 Å². The first-order chi connectivity index (χ1) is 19.2. The van der Waals surface area contributed by atoms with Crippen molar-refractivity contribution >= 4 is 35.6 Å². The maximum absolute atomic E-state index is 12.2. The summed E-state index contributed by atoms with van der Waals surface area (Å²) in [6.45, 7) is 3.05. The van der Waals surface area contributed by atoms with Crippen molar-refractivity contribution in [3.05, 3.63) is 12.2 Å². The molecule has 2 atom stereocenters. The highest BCUT2D eigenvalue weighted by molar-refractivity contribution is 5.92. The largest absolute Gasteiger partial charge is 0.461 e. The number of carbonyl (C=O) groups excluding carboxylic acids is 6. The SMILES string of the molecule is C[C@H](NC(=O)C1CCCCC1)C(=O)NCCOC(=O)/C=C/C(=O)OCCNC(=O)[C@H](C)NC(=O)C1CCCCC1. The Labute approximate surface area is 235 Å². The average molecular weight is 565 g/mol. The molecule has 0 aromatic carbocycles. The number of nitrogens with one attached hydrogen (secondary N) is 4. The molecule has 0 saturated heterocycles. The second kappa shape index (κ2) is 18.0. The smallest absolute Gasteiger partial charge is 0.331 e. The number of carbonyl (C=O) groups is 6. The van der Waals surface area contributed by atoms with Crippen molar-refractivity contribution in [2.75, 3.05) is 26.3 Å². The van der Waals surface area contributed by atoms with Crippen molar-refractivity contribution in [2.24, 2.45) is 11.8 Å². The minimum Gasteiger partial charge on any atom is -0.461 e. The van der Waals surface area contributed by atoms with Crippen LogP contribution in [-0.4, -0.2) is 74.0 Å². The molecule has 0 aromatic rings. The summed E-state index contributed by atoms with van der Waals surface area (Å²) >= 11 is 0. The lowest BCUT2D eigenvalue weighted by atomic mass is 9.88. The molecule has 2 rings (SSSR count). The predicted molar refractivity (Wildman–Crippen MR) is 145 cm³/mol. The summed E-state index contributed by atoms with van der Waals surface area (Å²) < 4.78 is 9.86.